The van der Waals surface area contributed by atoms with Crippen LogP contribution in [0.25, 0.3) is 0 Å². The van der Waals surface area contributed by atoms with Gasteiger partial charge in [-0.3, -0.25) is 9.69 Å². The van der Waals surface area contributed by atoms with Crippen LogP contribution in [0.1, 0.15) is 19.0 Å². The molecular formula is C11H20N4OS. The number of amides is 1. The van der Waals surface area contributed by atoms with E-state index in [0.29, 0.717) is 19.5 Å². The van der Waals surface area contributed by atoms with Crippen LogP contribution in [0.2, 0.25) is 0 Å². The first-order chi connectivity index (χ1) is 8.17. The third kappa shape index (κ3) is 4.80. The summed E-state index contributed by atoms with van der Waals surface area (Å²) >= 11 is 1.57. The molecule has 0 saturated carbocycles. The third-order valence-corrected chi connectivity index (χ3v) is 3.22. The van der Waals surface area contributed by atoms with E-state index in [1.807, 2.05) is 24.9 Å². The summed E-state index contributed by atoms with van der Waals surface area (Å²) in [6.07, 6.45) is 0.435. The molecule has 0 aliphatic carbocycles. The van der Waals surface area contributed by atoms with E-state index in [9.17, 15) is 4.79 Å². The van der Waals surface area contributed by atoms with Gasteiger partial charge in [-0.1, -0.05) is 0 Å². The Morgan fingerprint density at radius 3 is 3.00 bits per heavy atom. The van der Waals surface area contributed by atoms with Crippen LogP contribution in [-0.2, 0) is 11.3 Å². The molecule has 1 rings (SSSR count). The highest BCUT2D eigenvalue weighted by Gasteiger charge is 2.17. The van der Waals surface area contributed by atoms with Crippen molar-refractivity contribution >= 4 is 17.2 Å². The number of hydrogen-bond donors (Lipinski definition) is 2. The van der Waals surface area contributed by atoms with Crippen molar-refractivity contribution in [1.29, 1.82) is 0 Å². The van der Waals surface area contributed by atoms with Gasteiger partial charge in [0.1, 0.15) is 0 Å². The number of thiazole rings is 1. The Morgan fingerprint density at radius 1 is 1.71 bits per heavy atom. The molecule has 1 heterocycles. The van der Waals surface area contributed by atoms with E-state index in [1.165, 1.54) is 0 Å². The summed E-state index contributed by atoms with van der Waals surface area (Å²) < 4.78 is 0. The van der Waals surface area contributed by atoms with Gasteiger partial charge in [0.15, 0.2) is 0 Å². The molecule has 96 valence electrons. The van der Waals surface area contributed by atoms with Gasteiger partial charge in [0.25, 0.3) is 0 Å². The smallest absolute Gasteiger partial charge is 0.221 e. The predicted molar refractivity (Wildman–Crippen MR) is 69.7 cm³/mol. The summed E-state index contributed by atoms with van der Waals surface area (Å²) in [7, 11) is 1.97. The normalized spacial score (nSPS) is 12.7. The second kappa shape index (κ2) is 7.37. The lowest BCUT2D eigenvalue weighted by Crippen LogP contribution is -2.41. The molecule has 5 nitrogen and oxygen atoms in total. The number of nitrogens with zero attached hydrogens (tertiary/aromatic N) is 2. The average molecular weight is 256 g/mol. The SMILES string of the molecule is CCNC(=O)CC(CN)N(C)Cc1cscn1. The molecule has 0 radical (unpaired) electrons. The Morgan fingerprint density at radius 2 is 2.47 bits per heavy atom. The highest BCUT2D eigenvalue weighted by molar-refractivity contribution is 7.07. The number of carbonyl (C=O) groups excluding carboxylic acids is 1. The maximum Gasteiger partial charge on any atom is 0.221 e. The van der Waals surface area contributed by atoms with E-state index in [2.05, 4.69) is 15.2 Å². The Balaban J connectivity index is 2.46. The average Bonchev–Trinajstić information content (AvgIpc) is 2.78. The standard InChI is InChI=1S/C11H20N4OS/c1-3-13-11(16)4-10(5-12)15(2)6-9-7-17-8-14-9/h7-8,10H,3-6,12H2,1-2H3,(H,13,16). The van der Waals surface area contributed by atoms with Crippen molar-refractivity contribution in [2.45, 2.75) is 25.9 Å². The highest BCUT2D eigenvalue weighted by Crippen LogP contribution is 2.08. The van der Waals surface area contributed by atoms with Crippen molar-refractivity contribution in [2.75, 3.05) is 20.1 Å². The Hall–Kier alpha value is -0.980. The van der Waals surface area contributed by atoms with Crippen molar-refractivity contribution in [2.24, 2.45) is 5.73 Å². The zero-order chi connectivity index (χ0) is 12.7. The van der Waals surface area contributed by atoms with Gasteiger partial charge in [0.2, 0.25) is 5.91 Å². The molecule has 6 heteroatoms. The second-order valence-electron chi connectivity index (χ2n) is 3.94. The van der Waals surface area contributed by atoms with Crippen LogP contribution in [0.5, 0.6) is 0 Å². The molecule has 1 aromatic rings. The maximum absolute atomic E-state index is 11.5. The fraction of sp³-hybridized carbons (Fsp3) is 0.636. The minimum Gasteiger partial charge on any atom is -0.356 e. The minimum absolute atomic E-state index is 0.0491. The van der Waals surface area contributed by atoms with Gasteiger partial charge >= 0.3 is 0 Å². The van der Waals surface area contributed by atoms with Gasteiger partial charge in [-0.05, 0) is 14.0 Å². The quantitative estimate of drug-likeness (QED) is 0.742. The van der Waals surface area contributed by atoms with E-state index < -0.39 is 0 Å². The number of nitrogens with one attached hydrogen (secondary N) is 1. The molecule has 0 spiro atoms. The fourth-order valence-corrected chi connectivity index (χ4v) is 2.15. The molecule has 0 saturated heterocycles. The predicted octanol–water partition coefficient (Wildman–Crippen LogP) is 0.428. The van der Waals surface area contributed by atoms with Crippen molar-refractivity contribution < 1.29 is 4.79 Å². The number of hydrogen-bond acceptors (Lipinski definition) is 5. The van der Waals surface area contributed by atoms with Gasteiger partial charge in [0.05, 0.1) is 11.2 Å². The molecule has 1 aromatic heterocycles. The maximum atomic E-state index is 11.5. The molecular weight excluding hydrogens is 236 g/mol. The van der Waals surface area contributed by atoms with E-state index in [1.54, 1.807) is 11.3 Å². The number of carbonyl (C=O) groups is 1. The Bertz CT molecular complexity index is 328. The zero-order valence-corrected chi connectivity index (χ0v) is 11.2. The van der Waals surface area contributed by atoms with E-state index >= 15 is 0 Å². The number of nitrogens with two attached hydrogens (primary N) is 1. The largest absolute Gasteiger partial charge is 0.356 e. The van der Waals surface area contributed by atoms with Crippen LogP contribution in [-0.4, -0.2) is 42.0 Å². The van der Waals surface area contributed by atoms with Crippen molar-refractivity contribution in [3.05, 3.63) is 16.6 Å². The lowest BCUT2D eigenvalue weighted by atomic mass is 10.1. The molecule has 3 N–H and O–H groups in total. The molecule has 1 atom stereocenters. The summed E-state index contributed by atoms with van der Waals surface area (Å²) in [6, 6.07) is 0.0586. The number of aromatic nitrogens is 1. The van der Waals surface area contributed by atoms with Crippen LogP contribution < -0.4 is 11.1 Å². The van der Waals surface area contributed by atoms with Crippen LogP contribution in [0, 0.1) is 0 Å². The van der Waals surface area contributed by atoms with Gasteiger partial charge < -0.3 is 11.1 Å². The second-order valence-corrected chi connectivity index (χ2v) is 4.66. The summed E-state index contributed by atoms with van der Waals surface area (Å²) in [6.45, 7) is 3.77. The minimum atomic E-state index is 0.0491. The van der Waals surface area contributed by atoms with Crippen molar-refractivity contribution in [3.8, 4) is 0 Å². The Labute approximate surface area is 106 Å². The first-order valence-electron chi connectivity index (χ1n) is 5.71. The monoisotopic (exact) mass is 256 g/mol. The molecule has 0 fully saturated rings. The van der Waals surface area contributed by atoms with Gasteiger partial charge in [0, 0.05) is 37.5 Å². The molecule has 0 bridgehead atoms. The van der Waals surface area contributed by atoms with E-state index in [-0.39, 0.29) is 11.9 Å². The molecule has 0 aliphatic rings. The molecule has 0 aliphatic heterocycles. The van der Waals surface area contributed by atoms with Crippen molar-refractivity contribution in [1.82, 2.24) is 15.2 Å². The van der Waals surface area contributed by atoms with Crippen molar-refractivity contribution in [3.63, 3.8) is 0 Å². The van der Waals surface area contributed by atoms with E-state index in [4.69, 9.17) is 5.73 Å². The Kier molecular flexibility index (Phi) is 6.10. The van der Waals surface area contributed by atoms with Gasteiger partial charge in [-0.15, -0.1) is 11.3 Å². The highest BCUT2D eigenvalue weighted by atomic mass is 32.1. The number of likely N-dealkylation sites (N-methyl/N-ethyl adjacent to an activating group) is 1. The molecule has 0 aromatic carbocycles. The summed E-state index contributed by atoms with van der Waals surface area (Å²) in [5.74, 6) is 0.0491. The van der Waals surface area contributed by atoms with E-state index in [0.717, 1.165) is 12.2 Å². The molecule has 17 heavy (non-hydrogen) atoms. The first kappa shape index (κ1) is 14.1. The van der Waals surface area contributed by atoms with Crippen LogP contribution >= 0.6 is 11.3 Å². The van der Waals surface area contributed by atoms with Crippen LogP contribution in [0.15, 0.2) is 10.9 Å². The molecule has 1 amide bonds. The number of rotatable bonds is 7. The fourth-order valence-electron chi connectivity index (χ4n) is 1.60. The third-order valence-electron chi connectivity index (χ3n) is 2.59. The summed E-state index contributed by atoms with van der Waals surface area (Å²) in [5, 5.41) is 4.80. The lowest BCUT2D eigenvalue weighted by molar-refractivity contribution is -0.122. The van der Waals surface area contributed by atoms with Crippen LogP contribution in [0.4, 0.5) is 0 Å². The topological polar surface area (TPSA) is 71.2 Å². The first-order valence-corrected chi connectivity index (χ1v) is 6.65. The summed E-state index contributed by atoms with van der Waals surface area (Å²) in [4.78, 5) is 17.8. The molecule has 1 unspecified atom stereocenters. The zero-order valence-electron chi connectivity index (χ0n) is 10.3. The lowest BCUT2D eigenvalue weighted by Gasteiger charge is -2.25. The summed E-state index contributed by atoms with van der Waals surface area (Å²) in [5.41, 5.74) is 8.54. The van der Waals surface area contributed by atoms with Crippen LogP contribution in [0.3, 0.4) is 0 Å². The van der Waals surface area contributed by atoms with Gasteiger partial charge in [-0.2, -0.15) is 0 Å². The van der Waals surface area contributed by atoms with Gasteiger partial charge in [-0.25, -0.2) is 4.98 Å².